The highest BCUT2D eigenvalue weighted by atomic mass is 19.3. The van der Waals surface area contributed by atoms with E-state index in [4.69, 9.17) is 0 Å². The third-order valence-electron chi connectivity index (χ3n) is 2.96. The van der Waals surface area contributed by atoms with Gasteiger partial charge in [0.1, 0.15) is 5.75 Å². The molecule has 0 amide bonds. The summed E-state index contributed by atoms with van der Waals surface area (Å²) >= 11 is 0. The first-order valence-electron chi connectivity index (χ1n) is 6.14. The Bertz CT molecular complexity index is 636. The van der Waals surface area contributed by atoms with Gasteiger partial charge >= 0.3 is 6.61 Å². The van der Waals surface area contributed by atoms with E-state index in [2.05, 4.69) is 4.74 Å². The quantitative estimate of drug-likeness (QED) is 0.785. The molecule has 2 aromatic rings. The van der Waals surface area contributed by atoms with Crippen molar-refractivity contribution in [2.75, 3.05) is 0 Å². The third kappa shape index (κ3) is 3.20. The smallest absolute Gasteiger partial charge is 0.387 e. The van der Waals surface area contributed by atoms with E-state index in [1.54, 1.807) is 12.1 Å². The first kappa shape index (κ1) is 14.2. The molecule has 0 aliphatic rings. The van der Waals surface area contributed by atoms with Crippen LogP contribution in [0.25, 0.3) is 0 Å². The van der Waals surface area contributed by atoms with Gasteiger partial charge in [0.05, 0.1) is 0 Å². The number of halogens is 2. The summed E-state index contributed by atoms with van der Waals surface area (Å²) in [6.07, 6.45) is 0. The van der Waals surface area contributed by atoms with Gasteiger partial charge < -0.3 is 4.74 Å². The first-order chi connectivity index (χ1) is 9.47. The molecular weight excluding hydrogens is 262 g/mol. The van der Waals surface area contributed by atoms with Gasteiger partial charge in [-0.2, -0.15) is 8.78 Å². The maximum Gasteiger partial charge on any atom is 0.387 e. The van der Waals surface area contributed by atoms with Crippen LogP contribution in [0, 0.1) is 13.8 Å². The lowest BCUT2D eigenvalue weighted by Crippen LogP contribution is -2.06. The highest BCUT2D eigenvalue weighted by molar-refractivity contribution is 6.10. The number of carbonyl (C=O) groups is 1. The summed E-state index contributed by atoms with van der Waals surface area (Å²) in [4.78, 5) is 12.4. The molecule has 0 saturated carbocycles. The number of alkyl halides is 2. The molecule has 2 nitrogen and oxygen atoms in total. The zero-order valence-electron chi connectivity index (χ0n) is 11.2. The summed E-state index contributed by atoms with van der Waals surface area (Å²) in [5, 5.41) is 0. The van der Waals surface area contributed by atoms with Crippen molar-refractivity contribution in [2.45, 2.75) is 20.5 Å². The van der Waals surface area contributed by atoms with Gasteiger partial charge in [0.2, 0.25) is 0 Å². The zero-order valence-corrected chi connectivity index (χ0v) is 11.2. The van der Waals surface area contributed by atoms with E-state index in [1.165, 1.54) is 18.2 Å². The minimum absolute atomic E-state index is 0.0174. The maximum atomic E-state index is 12.4. The van der Waals surface area contributed by atoms with E-state index in [0.29, 0.717) is 11.1 Å². The Morgan fingerprint density at radius 3 is 2.55 bits per heavy atom. The summed E-state index contributed by atoms with van der Waals surface area (Å²) in [6.45, 7) is 0.833. The molecule has 0 aliphatic heterocycles. The van der Waals surface area contributed by atoms with E-state index >= 15 is 0 Å². The van der Waals surface area contributed by atoms with Gasteiger partial charge in [-0.15, -0.1) is 0 Å². The Morgan fingerprint density at radius 2 is 1.85 bits per heavy atom. The summed E-state index contributed by atoms with van der Waals surface area (Å²) in [7, 11) is 0. The van der Waals surface area contributed by atoms with Gasteiger partial charge in [-0.05, 0) is 37.6 Å². The molecule has 0 aliphatic carbocycles. The monoisotopic (exact) mass is 276 g/mol. The second-order valence-corrected chi connectivity index (χ2v) is 4.55. The first-order valence-corrected chi connectivity index (χ1v) is 6.14. The van der Waals surface area contributed by atoms with Crippen molar-refractivity contribution < 1.29 is 18.3 Å². The summed E-state index contributed by atoms with van der Waals surface area (Å²) in [6, 6.07) is 11.4. The fourth-order valence-corrected chi connectivity index (χ4v) is 1.95. The topological polar surface area (TPSA) is 26.3 Å². The lowest BCUT2D eigenvalue weighted by molar-refractivity contribution is -0.0498. The average Bonchev–Trinajstić information content (AvgIpc) is 2.40. The lowest BCUT2D eigenvalue weighted by atomic mass is 9.97. The number of carbonyl (C=O) groups excluding carboxylic acids is 1. The van der Waals surface area contributed by atoms with Gasteiger partial charge in [-0.1, -0.05) is 29.8 Å². The van der Waals surface area contributed by atoms with Gasteiger partial charge in [-0.3, -0.25) is 4.79 Å². The predicted molar refractivity (Wildman–Crippen MR) is 72.4 cm³/mol. The Labute approximate surface area is 116 Å². The van der Waals surface area contributed by atoms with E-state index in [9.17, 15) is 13.6 Å². The summed E-state index contributed by atoms with van der Waals surface area (Å²) < 4.78 is 28.7. The maximum absolute atomic E-state index is 12.4. The number of rotatable bonds is 4. The second kappa shape index (κ2) is 5.82. The van der Waals surface area contributed by atoms with Crippen LogP contribution in [0.5, 0.6) is 5.75 Å². The van der Waals surface area contributed by atoms with Crippen molar-refractivity contribution in [2.24, 2.45) is 0 Å². The Morgan fingerprint density at radius 1 is 1.10 bits per heavy atom. The van der Waals surface area contributed by atoms with E-state index in [1.807, 2.05) is 26.0 Å². The van der Waals surface area contributed by atoms with Crippen LogP contribution >= 0.6 is 0 Å². The Kier molecular flexibility index (Phi) is 4.13. The van der Waals surface area contributed by atoms with Crippen molar-refractivity contribution in [3.63, 3.8) is 0 Å². The molecule has 0 bridgehead atoms. The Hall–Kier alpha value is -2.23. The third-order valence-corrected chi connectivity index (χ3v) is 2.96. The number of hydrogen-bond donors (Lipinski definition) is 0. The molecule has 20 heavy (non-hydrogen) atoms. The van der Waals surface area contributed by atoms with Crippen molar-refractivity contribution in [1.29, 1.82) is 0 Å². The molecule has 0 unspecified atom stereocenters. The second-order valence-electron chi connectivity index (χ2n) is 4.55. The van der Waals surface area contributed by atoms with Crippen molar-refractivity contribution >= 4 is 5.78 Å². The fourth-order valence-electron chi connectivity index (χ4n) is 1.95. The predicted octanol–water partition coefficient (Wildman–Crippen LogP) is 4.14. The van der Waals surface area contributed by atoms with Crippen LogP contribution in [0.3, 0.4) is 0 Å². The van der Waals surface area contributed by atoms with E-state index < -0.39 is 6.61 Å². The van der Waals surface area contributed by atoms with Crippen LogP contribution in [0.15, 0.2) is 42.5 Å². The molecule has 104 valence electrons. The molecule has 0 fully saturated rings. The molecule has 2 aromatic carbocycles. The molecule has 4 heteroatoms. The van der Waals surface area contributed by atoms with Gasteiger partial charge in [0.15, 0.2) is 5.78 Å². The zero-order chi connectivity index (χ0) is 14.7. The molecule has 0 saturated heterocycles. The number of hydrogen-bond acceptors (Lipinski definition) is 2. The van der Waals surface area contributed by atoms with Crippen LogP contribution in [0.1, 0.15) is 27.0 Å². The van der Waals surface area contributed by atoms with Crippen LogP contribution in [0.2, 0.25) is 0 Å². The minimum atomic E-state index is -2.90. The van der Waals surface area contributed by atoms with E-state index in [0.717, 1.165) is 11.1 Å². The molecular formula is C16H14F2O2. The molecule has 0 heterocycles. The van der Waals surface area contributed by atoms with Crippen LogP contribution in [-0.2, 0) is 0 Å². The molecule has 0 radical (unpaired) electrons. The molecule has 0 N–H and O–H groups in total. The summed E-state index contributed by atoms with van der Waals surface area (Å²) in [5.41, 5.74) is 2.72. The number of benzene rings is 2. The molecule has 0 spiro atoms. The van der Waals surface area contributed by atoms with Gasteiger partial charge in [0.25, 0.3) is 0 Å². The number of ketones is 1. The minimum Gasteiger partial charge on any atom is -0.435 e. The van der Waals surface area contributed by atoms with Gasteiger partial charge in [0, 0.05) is 11.1 Å². The van der Waals surface area contributed by atoms with E-state index in [-0.39, 0.29) is 11.5 Å². The van der Waals surface area contributed by atoms with Crippen LogP contribution in [0.4, 0.5) is 8.78 Å². The highest BCUT2D eigenvalue weighted by Crippen LogP contribution is 2.20. The molecule has 0 aromatic heterocycles. The number of aryl methyl sites for hydroxylation is 2. The number of ether oxygens (including phenoxy) is 1. The van der Waals surface area contributed by atoms with Gasteiger partial charge in [-0.25, -0.2) is 0 Å². The van der Waals surface area contributed by atoms with Crippen molar-refractivity contribution in [3.05, 3.63) is 64.7 Å². The highest BCUT2D eigenvalue weighted by Gasteiger charge is 2.13. The standard InChI is InChI=1S/C16H14F2O2/c1-10-6-7-11(2)14(8-10)15(19)12-4-3-5-13(9-12)20-16(17)18/h3-9,16H,1-2H3. The lowest BCUT2D eigenvalue weighted by Gasteiger charge is -2.08. The molecule has 0 atom stereocenters. The summed E-state index contributed by atoms with van der Waals surface area (Å²) in [5.74, 6) is -0.220. The SMILES string of the molecule is Cc1ccc(C)c(C(=O)c2cccc(OC(F)F)c2)c1. The van der Waals surface area contributed by atoms with Crippen LogP contribution in [-0.4, -0.2) is 12.4 Å². The molecule has 2 rings (SSSR count). The van der Waals surface area contributed by atoms with Crippen LogP contribution < -0.4 is 4.74 Å². The fraction of sp³-hybridized carbons (Fsp3) is 0.188. The normalized spacial score (nSPS) is 10.7. The Balaban J connectivity index is 2.35. The van der Waals surface area contributed by atoms with Crippen molar-refractivity contribution in [1.82, 2.24) is 0 Å². The van der Waals surface area contributed by atoms with Crippen molar-refractivity contribution in [3.8, 4) is 5.75 Å². The largest absolute Gasteiger partial charge is 0.435 e. The average molecular weight is 276 g/mol.